The van der Waals surface area contributed by atoms with Gasteiger partial charge in [0.1, 0.15) is 5.75 Å². The number of nitro benzene ring substituents is 1. The van der Waals surface area contributed by atoms with Crippen LogP contribution in [-0.2, 0) is 5.41 Å². The molecule has 0 fully saturated rings. The number of fused-ring (bicyclic) bond motifs is 1. The molecule has 5 nitrogen and oxygen atoms in total. The fourth-order valence-electron chi connectivity index (χ4n) is 2.93. The second-order valence-electron chi connectivity index (χ2n) is 6.85. The molecule has 0 unspecified atom stereocenters. The number of nitrogens with zero attached hydrogens (tertiary/aromatic N) is 1. The summed E-state index contributed by atoms with van der Waals surface area (Å²) in [5.41, 5.74) is 3.71. The number of aromatic nitrogens is 1. The Labute approximate surface area is 140 Å². The van der Waals surface area contributed by atoms with Gasteiger partial charge < -0.3 is 9.72 Å². The Morgan fingerprint density at radius 1 is 1.12 bits per heavy atom. The largest absolute Gasteiger partial charge is 0.496 e. The maximum Gasteiger partial charge on any atom is 0.271 e. The number of methoxy groups -OCH3 is 1. The summed E-state index contributed by atoms with van der Waals surface area (Å²) in [7, 11) is 1.67. The van der Waals surface area contributed by atoms with Crippen molar-refractivity contribution < 1.29 is 9.66 Å². The zero-order valence-electron chi connectivity index (χ0n) is 14.2. The Morgan fingerprint density at radius 2 is 1.88 bits per heavy atom. The van der Waals surface area contributed by atoms with Gasteiger partial charge in [-0.05, 0) is 23.6 Å². The Morgan fingerprint density at radius 3 is 2.50 bits per heavy atom. The van der Waals surface area contributed by atoms with E-state index in [4.69, 9.17) is 4.74 Å². The number of hydrogen-bond donors (Lipinski definition) is 1. The molecule has 24 heavy (non-hydrogen) atoms. The molecular formula is C19H20N2O3. The quantitative estimate of drug-likeness (QED) is 0.541. The Hall–Kier alpha value is -2.82. The summed E-state index contributed by atoms with van der Waals surface area (Å²) in [6.07, 6.45) is 0. The van der Waals surface area contributed by atoms with Gasteiger partial charge in [-0.3, -0.25) is 10.1 Å². The molecule has 124 valence electrons. The topological polar surface area (TPSA) is 68.2 Å². The molecular weight excluding hydrogens is 304 g/mol. The van der Waals surface area contributed by atoms with Crippen molar-refractivity contribution in [3.63, 3.8) is 0 Å². The lowest BCUT2D eigenvalue weighted by Gasteiger charge is -2.23. The normalized spacial score (nSPS) is 11.7. The summed E-state index contributed by atoms with van der Waals surface area (Å²) in [5.74, 6) is 0.825. The van der Waals surface area contributed by atoms with Crippen LogP contribution in [0.5, 0.6) is 5.75 Å². The van der Waals surface area contributed by atoms with Gasteiger partial charge in [-0.2, -0.15) is 0 Å². The highest BCUT2D eigenvalue weighted by Gasteiger charge is 2.22. The van der Waals surface area contributed by atoms with Crippen LogP contribution in [-0.4, -0.2) is 17.0 Å². The van der Waals surface area contributed by atoms with Crippen molar-refractivity contribution in [2.75, 3.05) is 7.11 Å². The molecule has 1 aromatic heterocycles. The van der Waals surface area contributed by atoms with Gasteiger partial charge in [0, 0.05) is 28.6 Å². The van der Waals surface area contributed by atoms with Crippen LogP contribution >= 0.6 is 0 Å². The van der Waals surface area contributed by atoms with Crippen molar-refractivity contribution in [1.29, 1.82) is 0 Å². The molecule has 5 heteroatoms. The second-order valence-corrected chi connectivity index (χ2v) is 6.85. The predicted molar refractivity (Wildman–Crippen MR) is 95.6 cm³/mol. The molecule has 0 bridgehead atoms. The highest BCUT2D eigenvalue weighted by atomic mass is 16.6. The number of ether oxygens (including phenoxy) is 1. The van der Waals surface area contributed by atoms with Gasteiger partial charge in [0.15, 0.2) is 0 Å². The van der Waals surface area contributed by atoms with Gasteiger partial charge in [-0.25, -0.2) is 0 Å². The molecule has 1 heterocycles. The zero-order chi connectivity index (χ0) is 17.5. The second kappa shape index (κ2) is 5.67. The Kier molecular flexibility index (Phi) is 3.79. The number of benzene rings is 2. The lowest BCUT2D eigenvalue weighted by molar-refractivity contribution is -0.384. The maximum absolute atomic E-state index is 10.9. The monoisotopic (exact) mass is 324 g/mol. The van der Waals surface area contributed by atoms with Crippen LogP contribution in [0.3, 0.4) is 0 Å². The number of para-hydroxylation sites is 1. The van der Waals surface area contributed by atoms with Crippen molar-refractivity contribution in [1.82, 2.24) is 4.98 Å². The maximum atomic E-state index is 10.9. The van der Waals surface area contributed by atoms with E-state index in [-0.39, 0.29) is 16.0 Å². The minimum Gasteiger partial charge on any atom is -0.496 e. The average molecular weight is 324 g/mol. The summed E-state index contributed by atoms with van der Waals surface area (Å²) in [6, 6.07) is 12.9. The lowest BCUT2D eigenvalue weighted by atomic mass is 9.85. The van der Waals surface area contributed by atoms with Crippen molar-refractivity contribution >= 4 is 16.6 Å². The van der Waals surface area contributed by atoms with Crippen molar-refractivity contribution in [2.24, 2.45) is 0 Å². The Balaban J connectivity index is 2.19. The molecule has 0 atom stereocenters. The van der Waals surface area contributed by atoms with Gasteiger partial charge in [-0.15, -0.1) is 0 Å². The van der Waals surface area contributed by atoms with Gasteiger partial charge in [0.2, 0.25) is 0 Å². The van der Waals surface area contributed by atoms with Crippen LogP contribution in [0.4, 0.5) is 5.69 Å². The number of nitro groups is 1. The number of rotatable bonds is 3. The minimum atomic E-state index is -0.388. The predicted octanol–water partition coefficient (Wildman–Crippen LogP) is 5.05. The van der Waals surface area contributed by atoms with Crippen LogP contribution in [0.25, 0.3) is 22.2 Å². The van der Waals surface area contributed by atoms with E-state index in [0.717, 1.165) is 33.5 Å². The first-order valence-electron chi connectivity index (χ1n) is 7.76. The average Bonchev–Trinajstić information content (AvgIpc) is 2.95. The molecule has 2 aromatic carbocycles. The number of non-ortho nitro benzene ring substituents is 1. The van der Waals surface area contributed by atoms with E-state index >= 15 is 0 Å². The molecule has 1 N–H and O–H groups in total. The van der Waals surface area contributed by atoms with Crippen LogP contribution in [0.15, 0.2) is 42.5 Å². The summed E-state index contributed by atoms with van der Waals surface area (Å²) < 4.78 is 5.69. The fraction of sp³-hybridized carbons (Fsp3) is 0.263. The Bertz CT molecular complexity index is 920. The summed E-state index contributed by atoms with van der Waals surface area (Å²) >= 11 is 0. The third-order valence-electron chi connectivity index (χ3n) is 4.13. The van der Waals surface area contributed by atoms with E-state index in [9.17, 15) is 10.1 Å². The van der Waals surface area contributed by atoms with Gasteiger partial charge in [0.25, 0.3) is 5.69 Å². The van der Waals surface area contributed by atoms with E-state index in [1.165, 1.54) is 6.07 Å². The first kappa shape index (κ1) is 16.1. The smallest absolute Gasteiger partial charge is 0.271 e. The third kappa shape index (κ3) is 2.73. The molecule has 3 aromatic rings. The highest BCUT2D eigenvalue weighted by molar-refractivity contribution is 5.88. The third-order valence-corrected chi connectivity index (χ3v) is 4.13. The van der Waals surface area contributed by atoms with Crippen LogP contribution in [0.2, 0.25) is 0 Å². The number of nitrogens with one attached hydrogen (secondary N) is 1. The molecule has 0 aliphatic carbocycles. The SMILES string of the molecule is COc1c(-c2cc3ccc([N+](=O)[O-])cc3[nH]2)cccc1C(C)(C)C. The summed E-state index contributed by atoms with van der Waals surface area (Å²) in [6.45, 7) is 6.43. The molecule has 0 aliphatic heterocycles. The molecule has 0 saturated carbocycles. The van der Waals surface area contributed by atoms with E-state index in [2.05, 4.69) is 31.8 Å². The van der Waals surface area contributed by atoms with Gasteiger partial charge in [-0.1, -0.05) is 32.9 Å². The van der Waals surface area contributed by atoms with Crippen LogP contribution < -0.4 is 4.74 Å². The first-order chi connectivity index (χ1) is 11.3. The van der Waals surface area contributed by atoms with Crippen molar-refractivity contribution in [3.8, 4) is 17.0 Å². The van der Waals surface area contributed by atoms with E-state index in [0.29, 0.717) is 0 Å². The molecule has 0 aliphatic rings. The van der Waals surface area contributed by atoms with E-state index in [1.54, 1.807) is 19.2 Å². The van der Waals surface area contributed by atoms with E-state index < -0.39 is 0 Å². The van der Waals surface area contributed by atoms with Crippen LogP contribution in [0, 0.1) is 10.1 Å². The van der Waals surface area contributed by atoms with Crippen molar-refractivity contribution in [2.45, 2.75) is 26.2 Å². The zero-order valence-corrected chi connectivity index (χ0v) is 14.2. The molecule has 0 saturated heterocycles. The molecule has 0 amide bonds. The highest BCUT2D eigenvalue weighted by Crippen LogP contribution is 2.39. The number of aromatic amines is 1. The first-order valence-corrected chi connectivity index (χ1v) is 7.76. The lowest BCUT2D eigenvalue weighted by Crippen LogP contribution is -2.13. The number of hydrogen-bond acceptors (Lipinski definition) is 3. The standard InChI is InChI=1S/C19H20N2O3/c1-19(2,3)15-7-5-6-14(18(15)24-4)17-10-12-8-9-13(21(22)23)11-16(12)20-17/h5-11,20H,1-4H3. The molecule has 0 radical (unpaired) electrons. The van der Waals surface area contributed by atoms with Crippen molar-refractivity contribution in [3.05, 3.63) is 58.1 Å². The summed E-state index contributed by atoms with van der Waals surface area (Å²) in [4.78, 5) is 13.8. The van der Waals surface area contributed by atoms with E-state index in [1.807, 2.05) is 18.2 Å². The van der Waals surface area contributed by atoms with Crippen LogP contribution in [0.1, 0.15) is 26.3 Å². The van der Waals surface area contributed by atoms with Gasteiger partial charge in [0.05, 0.1) is 23.2 Å². The minimum absolute atomic E-state index is 0.0494. The number of H-pyrrole nitrogens is 1. The fourth-order valence-corrected chi connectivity index (χ4v) is 2.93. The molecule has 3 rings (SSSR count). The van der Waals surface area contributed by atoms with Gasteiger partial charge >= 0.3 is 0 Å². The molecule has 0 spiro atoms. The summed E-state index contributed by atoms with van der Waals surface area (Å²) in [5, 5.41) is 11.9.